The molecule has 0 radical (unpaired) electrons. The second-order valence-electron chi connectivity index (χ2n) is 6.05. The highest BCUT2D eigenvalue weighted by Gasteiger charge is 2.21. The molecule has 0 unspecified atom stereocenters. The molecule has 3 heterocycles. The van der Waals surface area contributed by atoms with E-state index in [0.29, 0.717) is 18.1 Å². The Hall–Kier alpha value is -2.44. The molecule has 0 aliphatic carbocycles. The Labute approximate surface area is 143 Å². The van der Waals surface area contributed by atoms with Crippen LogP contribution in [0, 0.1) is 0 Å². The van der Waals surface area contributed by atoms with Gasteiger partial charge in [0.15, 0.2) is 0 Å². The van der Waals surface area contributed by atoms with Crippen molar-refractivity contribution in [1.29, 1.82) is 0 Å². The largest absolute Gasteiger partial charge is 0.399 e. The van der Waals surface area contributed by atoms with Gasteiger partial charge in [0, 0.05) is 37.3 Å². The molecule has 0 atom stereocenters. The van der Waals surface area contributed by atoms with Crippen molar-refractivity contribution in [3.05, 3.63) is 68.3 Å². The lowest BCUT2D eigenvalue weighted by Gasteiger charge is -2.27. The van der Waals surface area contributed by atoms with E-state index in [0.717, 1.165) is 36.3 Å². The maximum Gasteiger partial charge on any atom is 0.255 e. The third-order valence-electron chi connectivity index (χ3n) is 4.32. The fraction of sp³-hybridized carbons (Fsp3) is 0.222. The van der Waals surface area contributed by atoms with E-state index in [1.54, 1.807) is 11.3 Å². The summed E-state index contributed by atoms with van der Waals surface area (Å²) in [5.41, 5.74) is 10.3. The number of H-pyrrole nitrogens is 1. The minimum Gasteiger partial charge on any atom is -0.399 e. The van der Waals surface area contributed by atoms with Gasteiger partial charge in [-0.2, -0.15) is 11.3 Å². The number of nitrogens with zero attached hydrogens (tertiary/aromatic N) is 2. The van der Waals surface area contributed by atoms with Gasteiger partial charge in [0.25, 0.3) is 5.56 Å². The van der Waals surface area contributed by atoms with Crippen molar-refractivity contribution in [2.75, 3.05) is 12.3 Å². The van der Waals surface area contributed by atoms with Crippen LogP contribution < -0.4 is 11.3 Å². The summed E-state index contributed by atoms with van der Waals surface area (Å²) in [5.74, 6) is 0.616. The fourth-order valence-electron chi connectivity index (χ4n) is 3.03. The monoisotopic (exact) mass is 338 g/mol. The number of nitrogen functional groups attached to an aromatic ring is 1. The third-order valence-corrected chi connectivity index (χ3v) is 5.05. The van der Waals surface area contributed by atoms with E-state index in [1.807, 2.05) is 24.3 Å². The predicted molar refractivity (Wildman–Crippen MR) is 96.8 cm³/mol. The van der Waals surface area contributed by atoms with Crippen molar-refractivity contribution >= 4 is 17.0 Å². The Morgan fingerprint density at radius 2 is 2.08 bits per heavy atom. The van der Waals surface area contributed by atoms with Gasteiger partial charge in [-0.1, -0.05) is 0 Å². The molecule has 0 fully saturated rings. The first-order valence-corrected chi connectivity index (χ1v) is 8.85. The molecule has 0 bridgehead atoms. The zero-order chi connectivity index (χ0) is 16.5. The number of benzene rings is 1. The van der Waals surface area contributed by atoms with Crippen molar-refractivity contribution in [2.45, 2.75) is 19.5 Å². The van der Waals surface area contributed by atoms with Crippen LogP contribution in [0.15, 0.2) is 45.9 Å². The summed E-state index contributed by atoms with van der Waals surface area (Å²) in [6.07, 6.45) is 0.797. The van der Waals surface area contributed by atoms with Gasteiger partial charge in [-0.15, -0.1) is 0 Å². The molecule has 3 aromatic rings. The lowest BCUT2D eigenvalue weighted by atomic mass is 10.1. The molecular formula is C18H18N4OS. The number of nitrogens with two attached hydrogens (primary N) is 1. The van der Waals surface area contributed by atoms with Gasteiger partial charge < -0.3 is 10.7 Å². The average molecular weight is 338 g/mol. The standard InChI is InChI=1S/C18H18N4OS/c19-14-3-1-13(2-4-14)17-20-16-5-7-22(9-12-6-8-24-11-12)10-15(16)18(23)21-17/h1-4,6,8,11H,5,7,9-10,19H2,(H,20,21,23). The van der Waals surface area contributed by atoms with E-state index in [-0.39, 0.29) is 5.56 Å². The van der Waals surface area contributed by atoms with Crippen LogP contribution in [0.25, 0.3) is 11.4 Å². The van der Waals surface area contributed by atoms with E-state index in [4.69, 9.17) is 5.73 Å². The first kappa shape index (κ1) is 15.1. The minimum absolute atomic E-state index is 0.0400. The molecule has 3 N–H and O–H groups in total. The molecule has 2 aromatic heterocycles. The van der Waals surface area contributed by atoms with Gasteiger partial charge in [0.1, 0.15) is 5.82 Å². The summed E-state index contributed by atoms with van der Waals surface area (Å²) in [6.45, 7) is 2.44. The number of aromatic amines is 1. The van der Waals surface area contributed by atoms with E-state index < -0.39 is 0 Å². The van der Waals surface area contributed by atoms with Crippen molar-refractivity contribution in [3.63, 3.8) is 0 Å². The Bertz CT molecular complexity index is 900. The number of rotatable bonds is 3. The quantitative estimate of drug-likeness (QED) is 0.720. The van der Waals surface area contributed by atoms with Crippen LogP contribution in [0.1, 0.15) is 16.8 Å². The molecule has 0 spiro atoms. The van der Waals surface area contributed by atoms with Crippen molar-refractivity contribution in [1.82, 2.24) is 14.9 Å². The Kier molecular flexibility index (Phi) is 3.92. The third kappa shape index (κ3) is 2.98. The minimum atomic E-state index is -0.0400. The summed E-state index contributed by atoms with van der Waals surface area (Å²) in [6, 6.07) is 9.53. The zero-order valence-electron chi connectivity index (χ0n) is 13.2. The SMILES string of the molecule is Nc1ccc(-c2nc3c(c(=O)[nH]2)CN(Cc2ccsc2)CC3)cc1. The molecule has 4 rings (SSSR count). The van der Waals surface area contributed by atoms with E-state index >= 15 is 0 Å². The molecule has 122 valence electrons. The average Bonchev–Trinajstić information content (AvgIpc) is 3.09. The van der Waals surface area contributed by atoms with Gasteiger partial charge in [-0.3, -0.25) is 9.69 Å². The summed E-state index contributed by atoms with van der Waals surface area (Å²) in [4.78, 5) is 22.4. The predicted octanol–water partition coefficient (Wildman–Crippen LogP) is 2.64. The van der Waals surface area contributed by atoms with Crippen molar-refractivity contribution < 1.29 is 0 Å². The molecular weight excluding hydrogens is 320 g/mol. The second kappa shape index (κ2) is 6.22. The number of hydrogen-bond acceptors (Lipinski definition) is 5. The lowest BCUT2D eigenvalue weighted by molar-refractivity contribution is 0.242. The van der Waals surface area contributed by atoms with Gasteiger partial charge in [-0.25, -0.2) is 4.98 Å². The molecule has 6 heteroatoms. The molecule has 1 aliphatic rings. The first-order chi connectivity index (χ1) is 11.7. The smallest absolute Gasteiger partial charge is 0.255 e. The number of anilines is 1. The van der Waals surface area contributed by atoms with Crippen LogP contribution in [-0.4, -0.2) is 21.4 Å². The Morgan fingerprint density at radius 3 is 2.83 bits per heavy atom. The molecule has 1 aliphatic heterocycles. The number of thiophene rings is 1. The zero-order valence-corrected chi connectivity index (χ0v) is 14.0. The normalized spacial score (nSPS) is 14.5. The van der Waals surface area contributed by atoms with Gasteiger partial charge in [0.2, 0.25) is 0 Å². The highest BCUT2D eigenvalue weighted by molar-refractivity contribution is 7.07. The van der Waals surface area contributed by atoms with Crippen molar-refractivity contribution in [2.24, 2.45) is 0 Å². The topological polar surface area (TPSA) is 75.0 Å². The molecule has 24 heavy (non-hydrogen) atoms. The van der Waals surface area contributed by atoms with Crippen LogP contribution in [0.2, 0.25) is 0 Å². The van der Waals surface area contributed by atoms with E-state index in [1.165, 1.54) is 5.56 Å². The van der Waals surface area contributed by atoms with Gasteiger partial charge >= 0.3 is 0 Å². The Balaban J connectivity index is 1.61. The number of aromatic nitrogens is 2. The van der Waals surface area contributed by atoms with E-state index in [9.17, 15) is 4.79 Å². The fourth-order valence-corrected chi connectivity index (χ4v) is 3.69. The van der Waals surface area contributed by atoms with Gasteiger partial charge in [-0.05, 0) is 46.7 Å². The summed E-state index contributed by atoms with van der Waals surface area (Å²) >= 11 is 1.70. The van der Waals surface area contributed by atoms with Crippen molar-refractivity contribution in [3.8, 4) is 11.4 Å². The molecule has 1 aromatic carbocycles. The Morgan fingerprint density at radius 1 is 1.25 bits per heavy atom. The number of fused-ring (bicyclic) bond motifs is 1. The van der Waals surface area contributed by atoms with Crippen LogP contribution in [0.4, 0.5) is 5.69 Å². The van der Waals surface area contributed by atoms with Gasteiger partial charge in [0.05, 0.1) is 11.3 Å². The molecule has 5 nitrogen and oxygen atoms in total. The molecule has 0 saturated carbocycles. The number of nitrogens with one attached hydrogen (secondary N) is 1. The summed E-state index contributed by atoms with van der Waals surface area (Å²) < 4.78 is 0. The van der Waals surface area contributed by atoms with Crippen LogP contribution in [0.3, 0.4) is 0 Å². The molecule has 0 amide bonds. The highest BCUT2D eigenvalue weighted by atomic mass is 32.1. The van der Waals surface area contributed by atoms with Crippen LogP contribution >= 0.6 is 11.3 Å². The maximum atomic E-state index is 12.5. The lowest BCUT2D eigenvalue weighted by Crippen LogP contribution is -2.35. The maximum absolute atomic E-state index is 12.5. The molecule has 0 saturated heterocycles. The van der Waals surface area contributed by atoms with Crippen LogP contribution in [0.5, 0.6) is 0 Å². The van der Waals surface area contributed by atoms with E-state index in [2.05, 4.69) is 31.7 Å². The second-order valence-corrected chi connectivity index (χ2v) is 6.83. The summed E-state index contributed by atoms with van der Waals surface area (Å²) in [5, 5.41) is 4.24. The number of hydrogen-bond donors (Lipinski definition) is 2. The summed E-state index contributed by atoms with van der Waals surface area (Å²) in [7, 11) is 0. The first-order valence-electron chi connectivity index (χ1n) is 7.90. The highest BCUT2D eigenvalue weighted by Crippen LogP contribution is 2.21. The van der Waals surface area contributed by atoms with Crippen LogP contribution in [-0.2, 0) is 19.5 Å².